The summed E-state index contributed by atoms with van der Waals surface area (Å²) < 4.78 is 1.56. The lowest BCUT2D eigenvalue weighted by atomic mass is 10.1. The van der Waals surface area contributed by atoms with Crippen molar-refractivity contribution in [2.75, 3.05) is 24.1 Å². The van der Waals surface area contributed by atoms with E-state index >= 15 is 0 Å². The molecule has 0 atom stereocenters. The minimum absolute atomic E-state index is 0.127. The third-order valence-corrected chi connectivity index (χ3v) is 6.50. The third-order valence-electron chi connectivity index (χ3n) is 6.25. The number of amides is 2. The van der Waals surface area contributed by atoms with Crippen molar-refractivity contribution in [2.24, 2.45) is 0 Å². The average Bonchev–Trinajstić information content (AvgIpc) is 3.36. The standard InChI is InChI=1S/C28H24ClN5O3/c1-17-7-9-18(10-8-17)25(35)24-23(30)26(34(32-24)20-13-11-19(29)12-14-20)31-15-4-16-33-27(36)21-5-2-3-6-22(21)28(33)37/h2-3,5-14,31H,4,15-16,30H2,1H3. The van der Waals surface area contributed by atoms with Crippen LogP contribution in [0.5, 0.6) is 0 Å². The number of carbonyl (C=O) groups is 3. The zero-order chi connectivity index (χ0) is 26.1. The lowest BCUT2D eigenvalue weighted by molar-refractivity contribution is 0.0653. The van der Waals surface area contributed by atoms with Crippen LogP contribution in [0.25, 0.3) is 5.69 Å². The van der Waals surface area contributed by atoms with Gasteiger partial charge in [-0.1, -0.05) is 53.6 Å². The van der Waals surface area contributed by atoms with Crippen molar-refractivity contribution in [3.8, 4) is 5.69 Å². The van der Waals surface area contributed by atoms with Gasteiger partial charge in [0, 0.05) is 23.7 Å². The monoisotopic (exact) mass is 513 g/mol. The summed E-state index contributed by atoms with van der Waals surface area (Å²) in [5.41, 5.74) is 9.80. The summed E-state index contributed by atoms with van der Waals surface area (Å²) in [7, 11) is 0. The van der Waals surface area contributed by atoms with Crippen LogP contribution in [0.4, 0.5) is 11.5 Å². The number of fused-ring (bicyclic) bond motifs is 1. The molecule has 0 saturated carbocycles. The smallest absolute Gasteiger partial charge is 0.261 e. The maximum Gasteiger partial charge on any atom is 0.261 e. The first-order valence-corrected chi connectivity index (χ1v) is 12.2. The first kappa shape index (κ1) is 24.3. The van der Waals surface area contributed by atoms with E-state index in [2.05, 4.69) is 10.4 Å². The molecule has 0 spiro atoms. The van der Waals surface area contributed by atoms with Crippen molar-refractivity contribution in [3.05, 3.63) is 106 Å². The third kappa shape index (κ3) is 4.59. The number of nitrogens with zero attached hydrogens (tertiary/aromatic N) is 3. The molecule has 9 heteroatoms. The van der Waals surface area contributed by atoms with Crippen molar-refractivity contribution >= 4 is 40.7 Å². The van der Waals surface area contributed by atoms with Gasteiger partial charge >= 0.3 is 0 Å². The van der Waals surface area contributed by atoms with Crippen molar-refractivity contribution < 1.29 is 14.4 Å². The molecular weight excluding hydrogens is 490 g/mol. The van der Waals surface area contributed by atoms with Crippen molar-refractivity contribution in [3.63, 3.8) is 0 Å². The summed E-state index contributed by atoms with van der Waals surface area (Å²) in [5.74, 6) is -0.436. The average molecular weight is 514 g/mol. The van der Waals surface area contributed by atoms with E-state index in [9.17, 15) is 14.4 Å². The Balaban J connectivity index is 1.36. The molecular formula is C28H24ClN5O3. The van der Waals surface area contributed by atoms with Gasteiger partial charge in [0.15, 0.2) is 11.5 Å². The molecule has 1 aliphatic heterocycles. The van der Waals surface area contributed by atoms with Crippen LogP contribution in [-0.4, -0.2) is 45.4 Å². The van der Waals surface area contributed by atoms with Crippen molar-refractivity contribution in [1.29, 1.82) is 0 Å². The van der Waals surface area contributed by atoms with Crippen LogP contribution in [0.15, 0.2) is 72.8 Å². The Morgan fingerprint density at radius 1 is 0.946 bits per heavy atom. The number of nitrogens with two attached hydrogens (primary N) is 1. The van der Waals surface area contributed by atoms with E-state index < -0.39 is 0 Å². The van der Waals surface area contributed by atoms with Gasteiger partial charge in [0.05, 0.1) is 16.8 Å². The molecule has 2 heterocycles. The Kier molecular flexibility index (Phi) is 6.50. The van der Waals surface area contributed by atoms with E-state index in [-0.39, 0.29) is 35.5 Å². The predicted octanol–water partition coefficient (Wildman–Crippen LogP) is 4.75. The summed E-state index contributed by atoms with van der Waals surface area (Å²) in [6, 6.07) is 21.0. The summed E-state index contributed by atoms with van der Waals surface area (Å²) >= 11 is 6.06. The van der Waals surface area contributed by atoms with E-state index in [4.69, 9.17) is 17.3 Å². The van der Waals surface area contributed by atoms with Crippen LogP contribution < -0.4 is 11.1 Å². The van der Waals surface area contributed by atoms with Gasteiger partial charge in [0.1, 0.15) is 5.69 Å². The minimum atomic E-state index is -0.294. The highest BCUT2D eigenvalue weighted by molar-refractivity contribution is 6.30. The molecule has 3 N–H and O–H groups in total. The molecule has 0 unspecified atom stereocenters. The SMILES string of the molecule is Cc1ccc(C(=O)c2nn(-c3ccc(Cl)cc3)c(NCCCN3C(=O)c4ccccc4C3=O)c2N)cc1. The Labute approximate surface area is 218 Å². The second-order valence-electron chi connectivity index (χ2n) is 8.78. The summed E-state index contributed by atoms with van der Waals surface area (Å²) in [4.78, 5) is 39.7. The second-order valence-corrected chi connectivity index (χ2v) is 9.22. The van der Waals surface area contributed by atoms with E-state index in [1.165, 1.54) is 4.90 Å². The number of hydrogen-bond donors (Lipinski definition) is 2. The fraction of sp³-hybridized carbons (Fsp3) is 0.143. The molecule has 0 radical (unpaired) electrons. The van der Waals surface area contributed by atoms with Crippen LogP contribution in [0.1, 0.15) is 48.8 Å². The first-order valence-electron chi connectivity index (χ1n) is 11.8. The van der Waals surface area contributed by atoms with Crippen molar-refractivity contribution in [1.82, 2.24) is 14.7 Å². The number of ketones is 1. The molecule has 2 amide bonds. The van der Waals surface area contributed by atoms with E-state index in [1.807, 2.05) is 19.1 Å². The highest BCUT2D eigenvalue weighted by Gasteiger charge is 2.34. The van der Waals surface area contributed by atoms with Gasteiger partial charge in [-0.05, 0) is 49.7 Å². The molecule has 1 aliphatic rings. The Bertz CT molecular complexity index is 1480. The number of nitrogen functional groups attached to an aromatic ring is 1. The molecule has 5 rings (SSSR count). The molecule has 4 aromatic rings. The van der Waals surface area contributed by atoms with Crippen LogP contribution >= 0.6 is 11.6 Å². The molecule has 186 valence electrons. The Morgan fingerprint density at radius 2 is 1.57 bits per heavy atom. The maximum atomic E-state index is 13.2. The van der Waals surface area contributed by atoms with E-state index in [1.54, 1.807) is 65.3 Å². The zero-order valence-corrected chi connectivity index (χ0v) is 20.8. The number of aryl methyl sites for hydroxylation is 1. The summed E-state index contributed by atoms with van der Waals surface area (Å²) in [6.07, 6.45) is 0.470. The first-order chi connectivity index (χ1) is 17.8. The summed E-state index contributed by atoms with van der Waals surface area (Å²) in [5, 5.41) is 8.35. The topological polar surface area (TPSA) is 110 Å². The normalized spacial score (nSPS) is 12.6. The second kappa shape index (κ2) is 9.91. The number of hydrogen-bond acceptors (Lipinski definition) is 6. The highest BCUT2D eigenvalue weighted by atomic mass is 35.5. The number of nitrogens with one attached hydrogen (secondary N) is 1. The van der Waals surface area contributed by atoms with Crippen LogP contribution in [0.2, 0.25) is 5.02 Å². The number of carbonyl (C=O) groups excluding carboxylic acids is 3. The molecule has 8 nitrogen and oxygen atoms in total. The van der Waals surface area contributed by atoms with Gasteiger partial charge in [-0.15, -0.1) is 0 Å². The van der Waals surface area contributed by atoms with Gasteiger partial charge in [-0.25, -0.2) is 4.68 Å². The minimum Gasteiger partial charge on any atom is -0.394 e. The van der Waals surface area contributed by atoms with Crippen LogP contribution in [-0.2, 0) is 0 Å². The van der Waals surface area contributed by atoms with Gasteiger partial charge in [0.25, 0.3) is 11.8 Å². The number of aromatic nitrogens is 2. The quantitative estimate of drug-likeness (QED) is 0.200. The van der Waals surface area contributed by atoms with E-state index in [0.29, 0.717) is 46.2 Å². The molecule has 37 heavy (non-hydrogen) atoms. The fourth-order valence-electron chi connectivity index (χ4n) is 4.26. The predicted molar refractivity (Wildman–Crippen MR) is 143 cm³/mol. The zero-order valence-electron chi connectivity index (χ0n) is 20.1. The number of imide groups is 1. The molecule has 0 saturated heterocycles. The number of anilines is 2. The molecule has 3 aromatic carbocycles. The largest absolute Gasteiger partial charge is 0.394 e. The Hall–Kier alpha value is -4.43. The number of benzene rings is 3. The molecule has 1 aromatic heterocycles. The number of halogens is 1. The van der Waals surface area contributed by atoms with Crippen LogP contribution in [0, 0.1) is 6.92 Å². The molecule has 0 fully saturated rings. The van der Waals surface area contributed by atoms with Gasteiger partial charge in [-0.2, -0.15) is 5.10 Å². The Morgan fingerprint density at radius 3 is 2.19 bits per heavy atom. The van der Waals surface area contributed by atoms with Gasteiger partial charge in [-0.3, -0.25) is 19.3 Å². The summed E-state index contributed by atoms with van der Waals surface area (Å²) in [6.45, 7) is 2.57. The number of rotatable bonds is 8. The van der Waals surface area contributed by atoms with Gasteiger partial charge in [0.2, 0.25) is 5.78 Å². The lowest BCUT2D eigenvalue weighted by Gasteiger charge is -2.15. The van der Waals surface area contributed by atoms with Crippen LogP contribution in [0.3, 0.4) is 0 Å². The highest BCUT2D eigenvalue weighted by Crippen LogP contribution is 2.29. The van der Waals surface area contributed by atoms with E-state index in [0.717, 1.165) is 5.56 Å². The van der Waals surface area contributed by atoms with Gasteiger partial charge < -0.3 is 11.1 Å². The molecule has 0 aliphatic carbocycles. The molecule has 0 bridgehead atoms. The van der Waals surface area contributed by atoms with Crippen molar-refractivity contribution in [2.45, 2.75) is 13.3 Å². The maximum absolute atomic E-state index is 13.2. The lowest BCUT2D eigenvalue weighted by Crippen LogP contribution is -2.31. The fourth-order valence-corrected chi connectivity index (χ4v) is 4.39.